The number of piperazine rings is 1. The van der Waals surface area contributed by atoms with Gasteiger partial charge in [0.25, 0.3) is 0 Å². The largest absolute Gasteiger partial charge is 0.508 e. The van der Waals surface area contributed by atoms with Crippen molar-refractivity contribution in [2.75, 3.05) is 57.1 Å². The van der Waals surface area contributed by atoms with Gasteiger partial charge in [-0.1, -0.05) is 35.9 Å². The third kappa shape index (κ3) is 6.50. The predicted molar refractivity (Wildman–Crippen MR) is 169 cm³/mol. The highest BCUT2D eigenvalue weighted by molar-refractivity contribution is 6.33. The van der Waals surface area contributed by atoms with E-state index in [2.05, 4.69) is 15.1 Å². The zero-order valence-corrected chi connectivity index (χ0v) is 25.3. The van der Waals surface area contributed by atoms with E-state index in [0.717, 1.165) is 62.4 Å². The lowest BCUT2D eigenvalue weighted by atomic mass is 10.0. The van der Waals surface area contributed by atoms with Gasteiger partial charge in [-0.15, -0.1) is 0 Å². The fourth-order valence-corrected chi connectivity index (χ4v) is 6.22. The summed E-state index contributed by atoms with van der Waals surface area (Å²) in [7, 11) is 6.05. The van der Waals surface area contributed by atoms with Crippen molar-refractivity contribution in [3.63, 3.8) is 0 Å². The lowest BCUT2D eigenvalue weighted by molar-refractivity contribution is 0.401. The Kier molecular flexibility index (Phi) is 8.82. The fraction of sp³-hybridized carbons (Fsp3) is 0.438. The van der Waals surface area contributed by atoms with Crippen molar-refractivity contribution in [1.82, 2.24) is 20.2 Å². The maximum Gasteiger partial charge on any atom is 0.227 e. The second-order valence-electron chi connectivity index (χ2n) is 11.7. The SMILES string of the molecule is C/C(=C\C(O)=C/c1ccccc1C)c1c(Cl)cc2c(N3CC4CCC(C3)N4)nc(N(C)CCCN(C)C)nc2c1F. The van der Waals surface area contributed by atoms with Crippen LogP contribution >= 0.6 is 11.6 Å². The molecule has 3 aromatic rings. The summed E-state index contributed by atoms with van der Waals surface area (Å²) in [5.41, 5.74) is 2.91. The number of nitrogens with one attached hydrogen (secondary N) is 1. The number of rotatable bonds is 9. The molecule has 2 atom stereocenters. The van der Waals surface area contributed by atoms with E-state index in [1.54, 1.807) is 25.1 Å². The van der Waals surface area contributed by atoms with E-state index in [-0.39, 0.29) is 21.9 Å². The van der Waals surface area contributed by atoms with Crippen molar-refractivity contribution in [3.05, 3.63) is 69.7 Å². The van der Waals surface area contributed by atoms with Gasteiger partial charge in [0.05, 0.1) is 5.02 Å². The van der Waals surface area contributed by atoms with E-state index in [4.69, 9.17) is 21.6 Å². The molecule has 2 N–H and O–H groups in total. The van der Waals surface area contributed by atoms with Crippen LogP contribution in [0.15, 0.2) is 42.2 Å². The molecule has 41 heavy (non-hydrogen) atoms. The minimum Gasteiger partial charge on any atom is -0.508 e. The number of benzene rings is 2. The maximum absolute atomic E-state index is 16.5. The second-order valence-corrected chi connectivity index (χ2v) is 12.1. The quantitative estimate of drug-likeness (QED) is 0.236. The summed E-state index contributed by atoms with van der Waals surface area (Å²) in [5.74, 6) is 0.732. The Labute approximate surface area is 247 Å². The number of aliphatic hydroxyl groups excluding tert-OH is 1. The number of fused-ring (bicyclic) bond motifs is 3. The number of hydrogen-bond acceptors (Lipinski definition) is 7. The van der Waals surface area contributed by atoms with Gasteiger partial charge >= 0.3 is 0 Å². The molecule has 218 valence electrons. The Balaban J connectivity index is 1.58. The first-order valence-corrected chi connectivity index (χ1v) is 14.7. The van der Waals surface area contributed by atoms with Crippen molar-refractivity contribution in [1.29, 1.82) is 0 Å². The Morgan fingerprint density at radius 1 is 1.15 bits per heavy atom. The van der Waals surface area contributed by atoms with Crippen molar-refractivity contribution >= 4 is 45.9 Å². The van der Waals surface area contributed by atoms with Crippen LogP contribution in [-0.4, -0.2) is 79.4 Å². The van der Waals surface area contributed by atoms with E-state index < -0.39 is 5.82 Å². The summed E-state index contributed by atoms with van der Waals surface area (Å²) < 4.78 is 16.5. The van der Waals surface area contributed by atoms with Gasteiger partial charge in [0.15, 0.2) is 5.82 Å². The third-order valence-electron chi connectivity index (χ3n) is 8.06. The Hall–Kier alpha value is -3.20. The van der Waals surface area contributed by atoms with Gasteiger partial charge in [0.2, 0.25) is 5.95 Å². The molecule has 9 heteroatoms. The minimum atomic E-state index is -0.505. The highest BCUT2D eigenvalue weighted by Crippen LogP contribution is 2.38. The van der Waals surface area contributed by atoms with Crippen molar-refractivity contribution in [3.8, 4) is 0 Å². The first kappa shape index (κ1) is 29.3. The fourth-order valence-electron chi connectivity index (χ4n) is 5.88. The number of aromatic nitrogens is 2. The zero-order chi connectivity index (χ0) is 29.3. The molecule has 0 aliphatic carbocycles. The topological polar surface area (TPSA) is 67.8 Å². The number of halogens is 2. The van der Waals surface area contributed by atoms with Crippen LogP contribution in [0.2, 0.25) is 5.02 Å². The molecule has 2 bridgehead atoms. The lowest BCUT2D eigenvalue weighted by Crippen LogP contribution is -2.51. The second kappa shape index (κ2) is 12.3. The maximum atomic E-state index is 16.5. The van der Waals surface area contributed by atoms with Crippen LogP contribution in [-0.2, 0) is 0 Å². The van der Waals surface area contributed by atoms with Crippen molar-refractivity contribution in [2.24, 2.45) is 0 Å². The predicted octanol–water partition coefficient (Wildman–Crippen LogP) is 6.06. The number of allylic oxidation sites excluding steroid dienone is 2. The molecular weight excluding hydrogens is 539 g/mol. The number of aryl methyl sites for hydroxylation is 1. The van der Waals surface area contributed by atoms with Crippen LogP contribution in [0.25, 0.3) is 22.6 Å². The summed E-state index contributed by atoms with van der Waals surface area (Å²) in [6, 6.07) is 10.3. The molecule has 2 fully saturated rings. The van der Waals surface area contributed by atoms with Gasteiger partial charge in [-0.3, -0.25) is 0 Å². The molecule has 5 rings (SSSR count). The van der Waals surface area contributed by atoms with Gasteiger partial charge in [0, 0.05) is 49.7 Å². The molecule has 2 unspecified atom stereocenters. The van der Waals surface area contributed by atoms with Gasteiger partial charge < -0.3 is 25.1 Å². The molecule has 2 aliphatic heterocycles. The smallest absolute Gasteiger partial charge is 0.227 e. The third-order valence-corrected chi connectivity index (χ3v) is 8.36. The molecule has 7 nitrogen and oxygen atoms in total. The molecule has 0 amide bonds. The summed E-state index contributed by atoms with van der Waals surface area (Å²) in [4.78, 5) is 16.1. The number of aliphatic hydroxyl groups is 1. The normalized spacial score (nSPS) is 19.5. The van der Waals surface area contributed by atoms with Crippen molar-refractivity contribution in [2.45, 2.75) is 45.2 Å². The summed E-state index contributed by atoms with van der Waals surface area (Å²) in [6.07, 6.45) is 6.41. The standard InChI is InChI=1S/C32H40ClFN6O/c1-20-9-6-7-10-22(20)16-25(41)15-21(2)28-27(33)17-26-30(29(28)34)36-32(39(5)14-8-13-38(3)4)37-31(26)40-18-23-11-12-24(19-40)35-23/h6-7,9-10,15-17,23-24,35,41H,8,11-14,18-19H2,1-5H3/b21-15+,25-16+. The van der Waals surface area contributed by atoms with Crippen LogP contribution in [0.5, 0.6) is 0 Å². The Bertz CT molecular complexity index is 1480. The summed E-state index contributed by atoms with van der Waals surface area (Å²) in [5, 5.41) is 15.3. The molecule has 0 saturated carbocycles. The molecule has 3 heterocycles. The minimum absolute atomic E-state index is 0.0216. The number of nitrogens with zero attached hydrogens (tertiary/aromatic N) is 5. The van der Waals surface area contributed by atoms with Crippen LogP contribution in [0, 0.1) is 12.7 Å². The highest BCUT2D eigenvalue weighted by Gasteiger charge is 2.34. The molecule has 2 aliphatic rings. The van der Waals surface area contributed by atoms with Crippen LogP contribution in [0.1, 0.15) is 42.9 Å². The summed E-state index contributed by atoms with van der Waals surface area (Å²) in [6.45, 7) is 7.03. The number of hydrogen-bond donors (Lipinski definition) is 2. The van der Waals surface area contributed by atoms with Gasteiger partial charge in [-0.25, -0.2) is 9.37 Å². The van der Waals surface area contributed by atoms with E-state index in [0.29, 0.717) is 29.0 Å². The Morgan fingerprint density at radius 2 is 1.85 bits per heavy atom. The molecule has 1 aromatic heterocycles. The van der Waals surface area contributed by atoms with Gasteiger partial charge in [-0.2, -0.15) is 4.98 Å². The van der Waals surface area contributed by atoms with E-state index in [9.17, 15) is 5.11 Å². The molecule has 0 spiro atoms. The summed E-state index contributed by atoms with van der Waals surface area (Å²) >= 11 is 6.77. The molecule has 2 aromatic carbocycles. The van der Waals surface area contributed by atoms with Gasteiger partial charge in [0.1, 0.15) is 17.1 Å². The first-order valence-electron chi connectivity index (χ1n) is 14.3. The monoisotopic (exact) mass is 578 g/mol. The van der Waals surface area contributed by atoms with E-state index in [1.165, 1.54) is 0 Å². The zero-order valence-electron chi connectivity index (χ0n) is 24.6. The van der Waals surface area contributed by atoms with E-state index in [1.807, 2.05) is 57.2 Å². The average Bonchev–Trinajstić information content (AvgIpc) is 3.26. The molecule has 2 saturated heterocycles. The van der Waals surface area contributed by atoms with Crippen molar-refractivity contribution < 1.29 is 9.50 Å². The van der Waals surface area contributed by atoms with E-state index >= 15 is 4.39 Å². The first-order chi connectivity index (χ1) is 19.6. The molecular formula is C32H40ClFN6O. The van der Waals surface area contributed by atoms with Crippen LogP contribution in [0.3, 0.4) is 0 Å². The molecule has 0 radical (unpaired) electrons. The lowest BCUT2D eigenvalue weighted by Gasteiger charge is -2.35. The van der Waals surface area contributed by atoms with Crippen LogP contribution in [0.4, 0.5) is 16.2 Å². The van der Waals surface area contributed by atoms with Gasteiger partial charge in [-0.05, 0) is 88.7 Å². The number of anilines is 2. The highest BCUT2D eigenvalue weighted by atomic mass is 35.5. The average molecular weight is 579 g/mol. The van der Waals surface area contributed by atoms with Crippen LogP contribution < -0.4 is 15.1 Å². The Morgan fingerprint density at radius 3 is 2.54 bits per heavy atom.